The Morgan fingerprint density at radius 2 is 0.725 bits per heavy atom. The summed E-state index contributed by atoms with van der Waals surface area (Å²) >= 11 is 0. The minimum Gasteiger partial charge on any atom is -0.455 e. The van der Waals surface area contributed by atoms with Crippen LogP contribution in [0.3, 0.4) is 0 Å². The smallest absolute Gasteiger partial charge is 0.339 e. The summed E-state index contributed by atoms with van der Waals surface area (Å²) < 4.78 is 243. The minimum atomic E-state index is -4.78. The predicted octanol–water partition coefficient (Wildman–Crippen LogP) is 5.00. The zero-order valence-corrected chi connectivity index (χ0v) is 25.9. The van der Waals surface area contributed by atoms with Crippen molar-refractivity contribution in [2.45, 2.75) is 93.4 Å². The molecule has 0 aromatic rings. The van der Waals surface area contributed by atoms with E-state index in [0.29, 0.717) is 0 Å². The average Bonchev–Trinajstić information content (AvgIpc) is 3.31. The topological polar surface area (TPSA) is 108 Å². The molecule has 0 aromatic heterocycles. The number of carbonyl (C=O) groups is 2. The molecule has 0 amide bonds. The van der Waals surface area contributed by atoms with E-state index < -0.39 is 144 Å². The molecule has 0 N–H and O–H groups in total. The maximum absolute atomic E-state index is 13.2. The van der Waals surface area contributed by atoms with Gasteiger partial charge in [0, 0.05) is 0 Å². The number of rotatable bonds is 24. The van der Waals surface area contributed by atoms with Gasteiger partial charge in [-0.05, 0) is 13.8 Å². The number of alkyl halides is 16. The summed E-state index contributed by atoms with van der Waals surface area (Å²) in [5, 5.41) is 0. The molecular weight excluding hydrogens is 764 g/mol. The van der Waals surface area contributed by atoms with Gasteiger partial charge in [0.1, 0.15) is 38.6 Å². The van der Waals surface area contributed by atoms with Gasteiger partial charge in [0.25, 0.3) is 0 Å². The van der Waals surface area contributed by atoms with Crippen molar-refractivity contribution >= 4 is 11.9 Å². The van der Waals surface area contributed by atoms with Crippen LogP contribution in [-0.2, 0) is 47.5 Å². The molecule has 1 rings (SSSR count). The van der Waals surface area contributed by atoms with E-state index in [0.717, 1.165) is 13.8 Å². The van der Waals surface area contributed by atoms with Crippen LogP contribution in [0.4, 0.5) is 70.2 Å². The zero-order valence-electron chi connectivity index (χ0n) is 25.9. The Bertz CT molecular complexity index is 951. The lowest BCUT2D eigenvalue weighted by molar-refractivity contribution is -0.196. The molecule has 0 aliphatic carbocycles. The first-order chi connectivity index (χ1) is 23.1. The fraction of sp³-hybridized carbons (Fsp3) is 0.920. The van der Waals surface area contributed by atoms with Crippen LogP contribution in [0.5, 0.6) is 0 Å². The Hall–Kier alpha value is -2.42. The molecule has 0 spiro atoms. The Balaban J connectivity index is 3.15. The van der Waals surface area contributed by atoms with Gasteiger partial charge in [0.05, 0.1) is 26.4 Å². The number of hydrogen-bond donors (Lipinski definition) is 0. The van der Waals surface area contributed by atoms with E-state index >= 15 is 0 Å². The molecule has 10 nitrogen and oxygen atoms in total. The second-order valence-corrected chi connectivity index (χ2v) is 10.9. The van der Waals surface area contributed by atoms with Crippen LogP contribution in [0.1, 0.15) is 13.8 Å². The van der Waals surface area contributed by atoms with Crippen LogP contribution in [-0.4, -0.2) is 144 Å². The SMILES string of the molecule is CC1(C)O[C@@H](C(=O)OC(COCC(F)(F)C(F)F)COCC(F)(F)C(F)F)[C@H](C(=O)OC(COCC(F)(F)C(F)F)COCC(F)(F)C(F)F)O1. The van der Waals surface area contributed by atoms with Crippen molar-refractivity contribution in [1.82, 2.24) is 0 Å². The molecule has 0 radical (unpaired) electrons. The predicted molar refractivity (Wildman–Crippen MR) is 131 cm³/mol. The van der Waals surface area contributed by atoms with Gasteiger partial charge in [-0.2, -0.15) is 35.1 Å². The standard InChI is InChI=1S/C25H30F16O10/c1-21(2)50-13(15(42)48-11(3-44-7-22(34,35)17(26)27)4-45-8-23(36,37)18(28)29)14(51-21)16(43)49-12(5-46-9-24(38,39)19(30)31)6-47-10-25(40,41)20(32)33/h11-14,17-20H,3-10H2,1-2H3/t13-,14-/m1/s1. The van der Waals surface area contributed by atoms with E-state index in [1.165, 1.54) is 0 Å². The fourth-order valence-corrected chi connectivity index (χ4v) is 3.36. The minimum absolute atomic E-state index is 1.03. The maximum Gasteiger partial charge on any atom is 0.339 e. The van der Waals surface area contributed by atoms with Crippen LogP contribution in [0.15, 0.2) is 0 Å². The number of ether oxygens (including phenoxy) is 8. The number of esters is 2. The molecule has 51 heavy (non-hydrogen) atoms. The molecule has 1 heterocycles. The first kappa shape index (κ1) is 46.6. The molecule has 1 saturated heterocycles. The Morgan fingerprint density at radius 3 is 0.922 bits per heavy atom. The van der Waals surface area contributed by atoms with Gasteiger partial charge in [0.2, 0.25) is 0 Å². The van der Waals surface area contributed by atoms with E-state index in [1.807, 2.05) is 0 Å². The molecule has 0 saturated carbocycles. The summed E-state index contributed by atoms with van der Waals surface area (Å²) in [6.45, 7) is -11.5. The summed E-state index contributed by atoms with van der Waals surface area (Å²) in [5.41, 5.74) is 0. The molecule has 0 unspecified atom stereocenters. The van der Waals surface area contributed by atoms with Crippen molar-refractivity contribution in [3.63, 3.8) is 0 Å². The first-order valence-electron chi connectivity index (χ1n) is 13.8. The van der Waals surface area contributed by atoms with E-state index in [1.54, 1.807) is 0 Å². The first-order valence-corrected chi connectivity index (χ1v) is 13.8. The molecule has 302 valence electrons. The van der Waals surface area contributed by atoms with Gasteiger partial charge < -0.3 is 37.9 Å². The molecule has 1 fully saturated rings. The van der Waals surface area contributed by atoms with Crippen molar-refractivity contribution in [2.75, 3.05) is 52.9 Å². The molecule has 1 aliphatic heterocycles. The van der Waals surface area contributed by atoms with Crippen LogP contribution in [0, 0.1) is 0 Å². The van der Waals surface area contributed by atoms with Crippen LogP contribution in [0.25, 0.3) is 0 Å². The third kappa shape index (κ3) is 15.6. The van der Waals surface area contributed by atoms with Crippen LogP contribution < -0.4 is 0 Å². The summed E-state index contributed by atoms with van der Waals surface area (Å²) in [7, 11) is 0. The van der Waals surface area contributed by atoms with Gasteiger partial charge in [-0.25, -0.2) is 44.7 Å². The number of carbonyl (C=O) groups excluding carboxylic acids is 2. The Labute approximate surface area is 276 Å². The third-order valence-corrected chi connectivity index (χ3v) is 5.80. The summed E-state index contributed by atoms with van der Waals surface area (Å²) in [6.07, 6.45) is -26.0. The zero-order chi connectivity index (χ0) is 39.6. The lowest BCUT2D eigenvalue weighted by atomic mass is 10.2. The van der Waals surface area contributed by atoms with Gasteiger partial charge in [-0.15, -0.1) is 0 Å². The highest BCUT2D eigenvalue weighted by molar-refractivity contribution is 5.86. The normalized spacial score (nSPS) is 19.0. The van der Waals surface area contributed by atoms with Gasteiger partial charge in [0.15, 0.2) is 18.0 Å². The van der Waals surface area contributed by atoms with E-state index in [-0.39, 0.29) is 0 Å². The summed E-state index contributed by atoms with van der Waals surface area (Å²) in [6, 6.07) is 0. The quantitative estimate of drug-likeness (QED) is 0.0980. The van der Waals surface area contributed by atoms with Crippen LogP contribution >= 0.6 is 0 Å². The van der Waals surface area contributed by atoms with Gasteiger partial charge in [-0.3, -0.25) is 0 Å². The second kappa shape index (κ2) is 19.1. The molecule has 1 aliphatic rings. The van der Waals surface area contributed by atoms with Gasteiger partial charge >= 0.3 is 61.3 Å². The number of hydrogen-bond acceptors (Lipinski definition) is 10. The van der Waals surface area contributed by atoms with Crippen molar-refractivity contribution < 1.29 is 118 Å². The highest BCUT2D eigenvalue weighted by Crippen LogP contribution is 2.31. The Kier molecular flexibility index (Phi) is 17.4. The largest absolute Gasteiger partial charge is 0.455 e. The summed E-state index contributed by atoms with van der Waals surface area (Å²) in [5.74, 6) is -24.7. The van der Waals surface area contributed by atoms with Crippen molar-refractivity contribution in [3.05, 3.63) is 0 Å². The second-order valence-electron chi connectivity index (χ2n) is 10.9. The fourth-order valence-electron chi connectivity index (χ4n) is 3.36. The lowest BCUT2D eigenvalue weighted by Crippen LogP contribution is -2.45. The van der Waals surface area contributed by atoms with Crippen LogP contribution in [0.2, 0.25) is 0 Å². The Morgan fingerprint density at radius 1 is 0.510 bits per heavy atom. The van der Waals surface area contributed by atoms with Gasteiger partial charge in [-0.1, -0.05) is 0 Å². The molecule has 26 heteroatoms. The molecular formula is C25H30F16O10. The van der Waals surface area contributed by atoms with E-state index in [9.17, 15) is 79.8 Å². The van der Waals surface area contributed by atoms with E-state index in [4.69, 9.17) is 18.9 Å². The highest BCUT2D eigenvalue weighted by atomic mass is 19.3. The average molecular weight is 794 g/mol. The molecule has 0 bridgehead atoms. The third-order valence-electron chi connectivity index (χ3n) is 5.80. The highest BCUT2D eigenvalue weighted by Gasteiger charge is 2.52. The van der Waals surface area contributed by atoms with Crippen molar-refractivity contribution in [1.29, 1.82) is 0 Å². The molecule has 0 aromatic carbocycles. The molecule has 2 atom stereocenters. The maximum atomic E-state index is 13.2. The monoisotopic (exact) mass is 794 g/mol. The lowest BCUT2D eigenvalue weighted by Gasteiger charge is -2.25. The summed E-state index contributed by atoms with van der Waals surface area (Å²) in [4.78, 5) is 25.9. The van der Waals surface area contributed by atoms with E-state index in [2.05, 4.69) is 18.9 Å². The number of halogens is 16. The van der Waals surface area contributed by atoms with Crippen molar-refractivity contribution in [2.24, 2.45) is 0 Å². The van der Waals surface area contributed by atoms with Crippen molar-refractivity contribution in [3.8, 4) is 0 Å².